The third kappa shape index (κ3) is 3.64. The first-order valence-corrected chi connectivity index (χ1v) is 5.64. The molecule has 1 aromatic rings. The summed E-state index contributed by atoms with van der Waals surface area (Å²) in [4.78, 5) is 17.8. The topological polar surface area (TPSA) is 83.8 Å². The number of nitrogens with two attached hydrogens (primary N) is 1. The van der Waals surface area contributed by atoms with E-state index in [2.05, 4.69) is 31.2 Å². The van der Waals surface area contributed by atoms with E-state index < -0.39 is 0 Å². The monoisotopic (exact) mass is 274 g/mol. The maximum absolute atomic E-state index is 11.2. The van der Waals surface area contributed by atoms with E-state index in [4.69, 9.17) is 5.73 Å². The number of aromatic amines is 1. The highest BCUT2D eigenvalue weighted by atomic mass is 79.9. The zero-order valence-electron chi connectivity index (χ0n) is 8.59. The predicted molar refractivity (Wildman–Crippen MR) is 63.9 cm³/mol. The zero-order chi connectivity index (χ0) is 11.3. The van der Waals surface area contributed by atoms with Crippen molar-refractivity contribution in [1.29, 1.82) is 0 Å². The van der Waals surface area contributed by atoms with Crippen molar-refractivity contribution in [3.8, 4) is 0 Å². The van der Waals surface area contributed by atoms with Crippen molar-refractivity contribution in [2.45, 2.75) is 25.8 Å². The van der Waals surface area contributed by atoms with Crippen molar-refractivity contribution in [2.24, 2.45) is 5.73 Å². The third-order valence-corrected chi connectivity index (χ3v) is 2.76. The highest BCUT2D eigenvalue weighted by Gasteiger charge is 2.07. The van der Waals surface area contributed by atoms with Crippen molar-refractivity contribution in [3.05, 3.63) is 21.2 Å². The van der Waals surface area contributed by atoms with Crippen molar-refractivity contribution in [2.75, 3.05) is 11.9 Å². The van der Waals surface area contributed by atoms with Crippen LogP contribution < -0.4 is 16.6 Å². The van der Waals surface area contributed by atoms with Crippen LogP contribution in [0.4, 0.5) is 5.82 Å². The molecule has 0 radical (unpaired) electrons. The Morgan fingerprint density at radius 1 is 1.73 bits per heavy atom. The lowest BCUT2D eigenvalue weighted by atomic mass is 10.2. The van der Waals surface area contributed by atoms with Gasteiger partial charge in [-0.05, 0) is 42.2 Å². The zero-order valence-corrected chi connectivity index (χ0v) is 10.2. The molecule has 1 rings (SSSR count). The van der Waals surface area contributed by atoms with Gasteiger partial charge in [0.15, 0.2) is 0 Å². The number of H-pyrrole nitrogens is 1. The van der Waals surface area contributed by atoms with Crippen LogP contribution in [0.2, 0.25) is 0 Å². The quantitative estimate of drug-likeness (QED) is 0.750. The number of nitrogens with one attached hydrogen (secondary N) is 2. The molecule has 0 saturated heterocycles. The van der Waals surface area contributed by atoms with Gasteiger partial charge < -0.3 is 16.0 Å². The van der Waals surface area contributed by atoms with E-state index in [-0.39, 0.29) is 11.6 Å². The Morgan fingerprint density at radius 2 is 2.47 bits per heavy atom. The van der Waals surface area contributed by atoms with Crippen LogP contribution in [0.3, 0.4) is 0 Å². The molecule has 1 atom stereocenters. The minimum Gasteiger partial charge on any atom is -0.366 e. The lowest BCUT2D eigenvalue weighted by Gasteiger charge is -2.14. The Hall–Kier alpha value is -0.880. The molecular weight excluding hydrogens is 260 g/mol. The second-order valence-electron chi connectivity index (χ2n) is 3.37. The molecule has 4 N–H and O–H groups in total. The summed E-state index contributed by atoms with van der Waals surface area (Å²) >= 11 is 3.18. The van der Waals surface area contributed by atoms with Gasteiger partial charge in [0.25, 0.3) is 5.56 Å². The molecule has 0 amide bonds. The average Bonchev–Trinajstić information content (AvgIpc) is 2.22. The van der Waals surface area contributed by atoms with Crippen LogP contribution in [-0.4, -0.2) is 22.6 Å². The van der Waals surface area contributed by atoms with Crippen LogP contribution in [0, 0.1) is 0 Å². The SMILES string of the molecule is CC(CCCN)Nc1nc[nH]c(=O)c1Br. The fourth-order valence-electron chi connectivity index (χ4n) is 1.21. The first-order chi connectivity index (χ1) is 7.15. The number of nitrogens with zero attached hydrogens (tertiary/aromatic N) is 1. The fraction of sp³-hybridized carbons (Fsp3) is 0.556. The Kier molecular flexibility index (Phi) is 4.77. The summed E-state index contributed by atoms with van der Waals surface area (Å²) in [5, 5.41) is 3.15. The van der Waals surface area contributed by atoms with Crippen LogP contribution in [-0.2, 0) is 0 Å². The van der Waals surface area contributed by atoms with E-state index in [1.807, 2.05) is 6.92 Å². The van der Waals surface area contributed by atoms with Crippen LogP contribution in [0.5, 0.6) is 0 Å². The Morgan fingerprint density at radius 3 is 3.13 bits per heavy atom. The van der Waals surface area contributed by atoms with Crippen molar-refractivity contribution < 1.29 is 0 Å². The van der Waals surface area contributed by atoms with Crippen LogP contribution in [0.15, 0.2) is 15.6 Å². The highest BCUT2D eigenvalue weighted by molar-refractivity contribution is 9.10. The number of hydrogen-bond donors (Lipinski definition) is 3. The van der Waals surface area contributed by atoms with E-state index in [0.29, 0.717) is 16.8 Å². The van der Waals surface area contributed by atoms with Crippen molar-refractivity contribution >= 4 is 21.7 Å². The summed E-state index contributed by atoms with van der Waals surface area (Å²) in [6, 6.07) is 0.249. The summed E-state index contributed by atoms with van der Waals surface area (Å²) in [7, 11) is 0. The Balaban J connectivity index is 2.64. The molecule has 84 valence electrons. The summed E-state index contributed by atoms with van der Waals surface area (Å²) in [6.07, 6.45) is 3.29. The number of aromatic nitrogens is 2. The molecular formula is C9H15BrN4O. The van der Waals surface area contributed by atoms with E-state index >= 15 is 0 Å². The van der Waals surface area contributed by atoms with E-state index in [9.17, 15) is 4.79 Å². The minimum absolute atomic E-state index is 0.182. The number of rotatable bonds is 5. The molecule has 0 spiro atoms. The summed E-state index contributed by atoms with van der Waals surface area (Å²) in [6.45, 7) is 2.71. The van der Waals surface area contributed by atoms with Gasteiger partial charge in [0.1, 0.15) is 10.3 Å². The smallest absolute Gasteiger partial charge is 0.267 e. The molecule has 0 fully saturated rings. The van der Waals surface area contributed by atoms with Crippen molar-refractivity contribution in [3.63, 3.8) is 0 Å². The summed E-state index contributed by atoms with van der Waals surface area (Å²) in [5.41, 5.74) is 5.23. The molecule has 0 aliphatic heterocycles. The molecule has 5 nitrogen and oxygen atoms in total. The molecule has 15 heavy (non-hydrogen) atoms. The molecule has 1 unspecified atom stereocenters. The standard InChI is InChI=1S/C9H15BrN4O/c1-6(3-2-4-11)14-8-7(10)9(15)13-5-12-8/h5-6H,2-4,11H2,1H3,(H2,12,13,14,15). The maximum atomic E-state index is 11.2. The van der Waals surface area contributed by atoms with Gasteiger partial charge in [-0.3, -0.25) is 4.79 Å². The van der Waals surface area contributed by atoms with E-state index in [1.54, 1.807) is 0 Å². The van der Waals surface area contributed by atoms with Gasteiger partial charge >= 0.3 is 0 Å². The molecule has 0 aliphatic carbocycles. The first-order valence-electron chi connectivity index (χ1n) is 4.85. The summed E-state index contributed by atoms with van der Waals surface area (Å²) < 4.78 is 0.435. The lowest BCUT2D eigenvalue weighted by molar-refractivity contribution is 0.660. The number of halogens is 1. The van der Waals surface area contributed by atoms with E-state index in [1.165, 1.54) is 6.33 Å². The van der Waals surface area contributed by atoms with Gasteiger partial charge in [-0.15, -0.1) is 0 Å². The maximum Gasteiger partial charge on any atom is 0.267 e. The second kappa shape index (κ2) is 5.87. The summed E-state index contributed by atoms with van der Waals surface area (Å²) in [5.74, 6) is 0.572. The van der Waals surface area contributed by atoms with Gasteiger partial charge in [0, 0.05) is 6.04 Å². The molecule has 1 heterocycles. The number of anilines is 1. The largest absolute Gasteiger partial charge is 0.366 e. The lowest BCUT2D eigenvalue weighted by Crippen LogP contribution is -2.20. The number of hydrogen-bond acceptors (Lipinski definition) is 4. The Bertz CT molecular complexity index is 365. The van der Waals surface area contributed by atoms with Gasteiger partial charge in [0.2, 0.25) is 0 Å². The second-order valence-corrected chi connectivity index (χ2v) is 4.16. The fourth-order valence-corrected chi connectivity index (χ4v) is 1.54. The van der Waals surface area contributed by atoms with Gasteiger partial charge in [-0.25, -0.2) is 4.98 Å². The van der Waals surface area contributed by atoms with Gasteiger partial charge in [0.05, 0.1) is 6.33 Å². The molecule has 0 saturated carbocycles. The molecule has 6 heteroatoms. The van der Waals surface area contributed by atoms with Crippen LogP contribution >= 0.6 is 15.9 Å². The van der Waals surface area contributed by atoms with E-state index in [0.717, 1.165) is 12.8 Å². The van der Waals surface area contributed by atoms with Crippen molar-refractivity contribution in [1.82, 2.24) is 9.97 Å². The molecule has 0 bridgehead atoms. The molecule has 0 aromatic carbocycles. The first kappa shape index (κ1) is 12.2. The van der Waals surface area contributed by atoms with Crippen LogP contribution in [0.25, 0.3) is 0 Å². The average molecular weight is 275 g/mol. The molecule has 1 aromatic heterocycles. The normalized spacial score (nSPS) is 12.5. The third-order valence-electron chi connectivity index (χ3n) is 2.02. The minimum atomic E-state index is -0.182. The van der Waals surface area contributed by atoms with Gasteiger partial charge in [-0.2, -0.15) is 0 Å². The van der Waals surface area contributed by atoms with Gasteiger partial charge in [-0.1, -0.05) is 0 Å². The predicted octanol–water partition coefficient (Wildman–Crippen LogP) is 1.07. The highest BCUT2D eigenvalue weighted by Crippen LogP contribution is 2.15. The molecule has 0 aliphatic rings. The van der Waals surface area contributed by atoms with Crippen LogP contribution in [0.1, 0.15) is 19.8 Å². The Labute approximate surface area is 96.6 Å².